The van der Waals surface area contributed by atoms with Gasteiger partial charge in [-0.2, -0.15) is 0 Å². The van der Waals surface area contributed by atoms with Crippen molar-refractivity contribution in [2.75, 3.05) is 19.7 Å². The van der Waals surface area contributed by atoms with Crippen molar-refractivity contribution < 1.29 is 24.2 Å². The lowest BCUT2D eigenvalue weighted by molar-refractivity contribution is -0.137. The van der Waals surface area contributed by atoms with Crippen molar-refractivity contribution in [1.82, 2.24) is 10.6 Å². The highest BCUT2D eigenvalue weighted by Crippen LogP contribution is 2.44. The molecule has 0 heterocycles. The highest BCUT2D eigenvalue weighted by Gasteiger charge is 2.29. The molecular formula is C28H34N2O5. The van der Waals surface area contributed by atoms with E-state index in [0.29, 0.717) is 25.0 Å². The van der Waals surface area contributed by atoms with Gasteiger partial charge in [-0.1, -0.05) is 68.5 Å². The summed E-state index contributed by atoms with van der Waals surface area (Å²) in [5, 5.41) is 14.4. The molecule has 0 spiro atoms. The third-order valence-electron chi connectivity index (χ3n) is 6.46. The lowest BCUT2D eigenvalue weighted by Gasteiger charge is -2.23. The molecule has 186 valence electrons. The van der Waals surface area contributed by atoms with Crippen LogP contribution in [-0.4, -0.2) is 42.8 Å². The normalized spacial score (nSPS) is 13.1. The second-order valence-electron chi connectivity index (χ2n) is 9.66. The predicted octanol–water partition coefficient (Wildman–Crippen LogP) is 4.87. The van der Waals surface area contributed by atoms with Crippen molar-refractivity contribution in [1.29, 1.82) is 0 Å². The summed E-state index contributed by atoms with van der Waals surface area (Å²) >= 11 is 0. The van der Waals surface area contributed by atoms with Crippen LogP contribution in [0.2, 0.25) is 0 Å². The summed E-state index contributed by atoms with van der Waals surface area (Å²) in [6.07, 6.45) is 2.46. The Kier molecular flexibility index (Phi) is 8.68. The van der Waals surface area contributed by atoms with E-state index in [1.807, 2.05) is 38.1 Å². The highest BCUT2D eigenvalue weighted by molar-refractivity contribution is 5.92. The van der Waals surface area contributed by atoms with Crippen LogP contribution in [0.1, 0.15) is 57.1 Å². The van der Waals surface area contributed by atoms with E-state index in [1.54, 1.807) is 13.0 Å². The quantitative estimate of drug-likeness (QED) is 0.400. The van der Waals surface area contributed by atoms with Crippen LogP contribution >= 0.6 is 0 Å². The van der Waals surface area contributed by atoms with Crippen LogP contribution in [0, 0.1) is 5.41 Å². The van der Waals surface area contributed by atoms with Crippen molar-refractivity contribution in [3.63, 3.8) is 0 Å². The van der Waals surface area contributed by atoms with Gasteiger partial charge >= 0.3 is 12.1 Å². The summed E-state index contributed by atoms with van der Waals surface area (Å²) < 4.78 is 5.50. The molecule has 0 aliphatic heterocycles. The number of carbonyl (C=O) groups is 3. The number of amides is 2. The van der Waals surface area contributed by atoms with Crippen LogP contribution < -0.4 is 10.6 Å². The van der Waals surface area contributed by atoms with Crippen molar-refractivity contribution in [2.45, 2.75) is 46.0 Å². The fourth-order valence-corrected chi connectivity index (χ4v) is 4.25. The Balaban J connectivity index is 1.42. The lowest BCUT2D eigenvalue weighted by Crippen LogP contribution is -2.30. The lowest BCUT2D eigenvalue weighted by atomic mass is 9.84. The fraction of sp³-hybridized carbons (Fsp3) is 0.393. The number of alkyl carbamates (subject to hydrolysis) is 1. The largest absolute Gasteiger partial charge is 0.481 e. The van der Waals surface area contributed by atoms with Gasteiger partial charge in [-0.05, 0) is 47.4 Å². The van der Waals surface area contributed by atoms with Gasteiger partial charge in [-0.25, -0.2) is 4.79 Å². The Morgan fingerprint density at radius 2 is 1.57 bits per heavy atom. The minimum absolute atomic E-state index is 0.00375. The first kappa shape index (κ1) is 26.0. The molecule has 0 unspecified atom stereocenters. The topological polar surface area (TPSA) is 105 Å². The Hall–Kier alpha value is -3.61. The maximum atomic E-state index is 12.3. The summed E-state index contributed by atoms with van der Waals surface area (Å²) in [5.41, 5.74) is 4.97. The number of ether oxygens (including phenoxy) is 1. The highest BCUT2D eigenvalue weighted by atomic mass is 16.5. The Bertz CT molecular complexity index is 1060. The summed E-state index contributed by atoms with van der Waals surface area (Å²) in [5.74, 6) is -1.03. The van der Waals surface area contributed by atoms with Crippen LogP contribution in [0.4, 0.5) is 4.79 Å². The number of carboxylic acids is 1. The first-order valence-electron chi connectivity index (χ1n) is 11.9. The molecule has 0 fully saturated rings. The Morgan fingerprint density at radius 3 is 2.17 bits per heavy atom. The molecule has 2 aromatic rings. The van der Waals surface area contributed by atoms with Crippen LogP contribution in [0.15, 0.2) is 60.2 Å². The summed E-state index contributed by atoms with van der Waals surface area (Å²) in [6.45, 7) is 6.54. The number of aliphatic carboxylic acids is 1. The van der Waals surface area contributed by atoms with Gasteiger partial charge in [-0.15, -0.1) is 0 Å². The zero-order valence-corrected chi connectivity index (χ0v) is 20.6. The summed E-state index contributed by atoms with van der Waals surface area (Å²) in [7, 11) is 0. The summed E-state index contributed by atoms with van der Waals surface area (Å²) in [6, 6.07) is 16.3. The van der Waals surface area contributed by atoms with Gasteiger partial charge in [0, 0.05) is 31.0 Å². The van der Waals surface area contributed by atoms with Crippen LogP contribution in [-0.2, 0) is 14.3 Å². The molecular weight excluding hydrogens is 444 g/mol. The van der Waals surface area contributed by atoms with E-state index in [0.717, 1.165) is 11.1 Å². The summed E-state index contributed by atoms with van der Waals surface area (Å²) in [4.78, 5) is 35.3. The molecule has 0 atom stereocenters. The molecule has 3 N–H and O–H groups in total. The number of hydrogen-bond acceptors (Lipinski definition) is 4. The van der Waals surface area contributed by atoms with Crippen LogP contribution in [0.5, 0.6) is 0 Å². The SMILES string of the molecule is C/C(=C\CNC(=O)OCC1c2ccccc2-c2ccccc21)C(=O)NCCC(C)(C)CCC(=O)O. The van der Waals surface area contributed by atoms with Gasteiger partial charge in [0.2, 0.25) is 5.91 Å². The van der Waals surface area contributed by atoms with E-state index in [4.69, 9.17) is 9.84 Å². The van der Waals surface area contributed by atoms with Crippen molar-refractivity contribution in [2.24, 2.45) is 5.41 Å². The molecule has 7 heteroatoms. The standard InChI is InChI=1S/C28H34N2O5/c1-19(26(33)29-17-15-28(2,3)14-12-25(31)32)13-16-30-27(34)35-18-24-22-10-6-4-8-20(22)21-9-5-7-11-23(21)24/h4-11,13,24H,12,14-18H2,1-3H3,(H,29,33)(H,30,34)(H,31,32)/b19-13+. The van der Waals surface area contributed by atoms with Gasteiger partial charge in [-0.3, -0.25) is 9.59 Å². The van der Waals surface area contributed by atoms with Gasteiger partial charge < -0.3 is 20.5 Å². The van der Waals surface area contributed by atoms with E-state index in [-0.39, 0.29) is 36.8 Å². The average molecular weight is 479 g/mol. The number of rotatable bonds is 11. The third-order valence-corrected chi connectivity index (χ3v) is 6.46. The van der Waals surface area contributed by atoms with Gasteiger partial charge in [0.25, 0.3) is 0 Å². The van der Waals surface area contributed by atoms with E-state index < -0.39 is 12.1 Å². The molecule has 0 radical (unpaired) electrons. The predicted molar refractivity (Wildman–Crippen MR) is 135 cm³/mol. The molecule has 0 bridgehead atoms. The number of fused-ring (bicyclic) bond motifs is 3. The molecule has 1 aliphatic carbocycles. The number of carboxylic acid groups (broad SMARTS) is 1. The first-order chi connectivity index (χ1) is 16.7. The third kappa shape index (κ3) is 7.18. The van der Waals surface area contributed by atoms with Gasteiger partial charge in [0.05, 0.1) is 0 Å². The first-order valence-corrected chi connectivity index (χ1v) is 11.9. The number of carbonyl (C=O) groups excluding carboxylic acids is 2. The van der Waals surface area contributed by atoms with Crippen molar-refractivity contribution in [3.8, 4) is 11.1 Å². The molecule has 0 aromatic heterocycles. The zero-order valence-electron chi connectivity index (χ0n) is 20.6. The van der Waals surface area contributed by atoms with Crippen LogP contribution in [0.25, 0.3) is 11.1 Å². The van der Waals surface area contributed by atoms with E-state index >= 15 is 0 Å². The smallest absolute Gasteiger partial charge is 0.407 e. The molecule has 3 rings (SSSR count). The van der Waals surface area contributed by atoms with E-state index in [2.05, 4.69) is 34.9 Å². The second-order valence-corrected chi connectivity index (χ2v) is 9.66. The molecule has 0 saturated heterocycles. The van der Waals surface area contributed by atoms with Gasteiger partial charge in [0.15, 0.2) is 0 Å². The minimum Gasteiger partial charge on any atom is -0.481 e. The second kappa shape index (κ2) is 11.7. The Labute approximate surface area is 206 Å². The zero-order chi connectivity index (χ0) is 25.4. The molecule has 35 heavy (non-hydrogen) atoms. The molecule has 2 amide bonds. The Morgan fingerprint density at radius 1 is 0.971 bits per heavy atom. The minimum atomic E-state index is -0.815. The number of benzene rings is 2. The molecule has 1 aliphatic rings. The van der Waals surface area contributed by atoms with Crippen molar-refractivity contribution >= 4 is 18.0 Å². The number of nitrogens with one attached hydrogen (secondary N) is 2. The fourth-order valence-electron chi connectivity index (χ4n) is 4.25. The average Bonchev–Trinajstić information content (AvgIpc) is 3.15. The van der Waals surface area contributed by atoms with E-state index in [9.17, 15) is 14.4 Å². The number of hydrogen-bond donors (Lipinski definition) is 3. The molecule has 0 saturated carbocycles. The maximum absolute atomic E-state index is 12.3. The molecule has 7 nitrogen and oxygen atoms in total. The monoisotopic (exact) mass is 478 g/mol. The van der Waals surface area contributed by atoms with E-state index in [1.165, 1.54) is 11.1 Å². The molecule has 2 aromatic carbocycles. The van der Waals surface area contributed by atoms with Crippen molar-refractivity contribution in [3.05, 3.63) is 71.3 Å². The van der Waals surface area contributed by atoms with Crippen LogP contribution in [0.3, 0.4) is 0 Å². The van der Waals surface area contributed by atoms with Gasteiger partial charge in [0.1, 0.15) is 6.61 Å². The maximum Gasteiger partial charge on any atom is 0.407 e.